The third kappa shape index (κ3) is 4.35. The molecule has 48 heavy (non-hydrogen) atoms. The summed E-state index contributed by atoms with van der Waals surface area (Å²) in [7, 11) is 0. The van der Waals surface area contributed by atoms with Crippen LogP contribution in [-0.4, -0.2) is 43.0 Å². The van der Waals surface area contributed by atoms with Crippen molar-refractivity contribution in [2.45, 2.75) is 45.2 Å². The van der Waals surface area contributed by atoms with Gasteiger partial charge in [-0.05, 0) is 77.5 Å². The first kappa shape index (κ1) is 30.4. The van der Waals surface area contributed by atoms with Crippen LogP contribution < -0.4 is 5.56 Å². The van der Waals surface area contributed by atoms with E-state index in [1.807, 2.05) is 68.5 Å². The highest BCUT2D eigenvalue weighted by Gasteiger charge is 2.55. The van der Waals surface area contributed by atoms with Crippen molar-refractivity contribution in [2.24, 2.45) is 0 Å². The zero-order valence-corrected chi connectivity index (χ0v) is 27.7. The van der Waals surface area contributed by atoms with Crippen molar-refractivity contribution >= 4 is 46.8 Å². The normalized spacial score (nSPS) is 17.9. The minimum Gasteiger partial charge on any atom is -0.480 e. The summed E-state index contributed by atoms with van der Waals surface area (Å²) in [6, 6.07) is 24.5. The van der Waals surface area contributed by atoms with Gasteiger partial charge >= 0.3 is 12.9 Å². The number of carbonyl (C=O) groups is 1. The Morgan fingerprint density at radius 1 is 0.958 bits per heavy atom. The molecule has 5 heterocycles. The molecule has 1 N–H and O–H groups in total. The lowest BCUT2D eigenvalue weighted by Crippen LogP contribution is -2.51. The van der Waals surface area contributed by atoms with Crippen LogP contribution in [0.25, 0.3) is 27.5 Å². The number of aromatic nitrogens is 2. The van der Waals surface area contributed by atoms with Gasteiger partial charge in [0.25, 0.3) is 5.56 Å². The second-order valence-electron chi connectivity index (χ2n) is 13.0. The number of aryl methyl sites for hydroxylation is 2. The molecule has 5 aromatic rings. The van der Waals surface area contributed by atoms with E-state index in [4.69, 9.17) is 0 Å². The molecule has 1 atom stereocenters. The predicted octanol–water partition coefficient (Wildman–Crippen LogP) is 7.84. The van der Waals surface area contributed by atoms with Crippen molar-refractivity contribution < 1.29 is 23.0 Å². The summed E-state index contributed by atoms with van der Waals surface area (Å²) in [6.45, 7) is 3.11. The van der Waals surface area contributed by atoms with Crippen LogP contribution in [0.15, 0.2) is 106 Å². The van der Waals surface area contributed by atoms with E-state index in [1.165, 1.54) is 25.3 Å². The molecule has 240 valence electrons. The second-order valence-corrected chi connectivity index (χ2v) is 14.0. The zero-order valence-electron chi connectivity index (χ0n) is 26.9. The highest BCUT2D eigenvalue weighted by atomic mass is 32.2. The van der Waals surface area contributed by atoms with Gasteiger partial charge in [-0.15, -0.1) is 11.8 Å². The topological polar surface area (TPSA) is 67.2 Å². The Bertz CT molecular complexity index is 2400. The Morgan fingerprint density at radius 2 is 1.67 bits per heavy atom. The zero-order chi connectivity index (χ0) is 33.6. The number of hydrogen-bond donors (Lipinski definition) is 1. The van der Waals surface area contributed by atoms with Crippen molar-refractivity contribution in [1.82, 2.24) is 9.05 Å². The van der Waals surface area contributed by atoms with Gasteiger partial charge in [0.15, 0.2) is 5.70 Å². The summed E-state index contributed by atoms with van der Waals surface area (Å²) in [5.74, 6) is -0.784. The number of benzene rings is 3. The maximum Gasteiger partial charge on any atom is 0.737 e. The Labute approximate surface area is 280 Å². The van der Waals surface area contributed by atoms with E-state index in [0.717, 1.165) is 55.3 Å². The average Bonchev–Trinajstić information content (AvgIpc) is 3.72. The quantitative estimate of drug-likeness (QED) is 0.195. The Morgan fingerprint density at radius 3 is 2.42 bits per heavy atom. The third-order valence-corrected chi connectivity index (χ3v) is 11.1. The number of thioether (sulfide) groups is 1. The highest BCUT2D eigenvalue weighted by molar-refractivity contribution is 7.99. The van der Waals surface area contributed by atoms with E-state index in [-0.39, 0.29) is 11.3 Å². The number of aliphatic carboxylic acids is 1. The number of rotatable bonds is 5. The standard InChI is InChI=1S/C38H32BF2N3O3S/c1-21-16-23(3)43-35(21)34(36-22(2)17-24(4)44(36)39(43,40)41)27-14-12-26(13-15-27)33-29(18-28-10-7-9-25-8-5-6-11-30(25)28)19-32(45)42-31(38(46)47)20-48-37(33)42/h5-17,19,31H,18,20H2,1-4H3,(H,46,47)/t31-/m0/s1. The summed E-state index contributed by atoms with van der Waals surface area (Å²) in [5.41, 5.74) is 8.33. The third-order valence-electron chi connectivity index (χ3n) is 9.92. The number of fused-ring (bicyclic) bond motifs is 4. The van der Waals surface area contributed by atoms with E-state index in [9.17, 15) is 14.7 Å². The van der Waals surface area contributed by atoms with Gasteiger partial charge < -0.3 is 22.7 Å². The van der Waals surface area contributed by atoms with Crippen LogP contribution in [0, 0.1) is 13.8 Å². The molecule has 3 aromatic carbocycles. The van der Waals surface area contributed by atoms with Crippen molar-refractivity contribution in [3.8, 4) is 11.1 Å². The molecule has 3 aliphatic heterocycles. The summed E-state index contributed by atoms with van der Waals surface area (Å²) < 4.78 is 36.2. The van der Waals surface area contributed by atoms with Crippen molar-refractivity contribution in [2.75, 3.05) is 5.75 Å². The molecule has 0 amide bonds. The number of hydrogen-bond acceptors (Lipinski definition) is 3. The minimum atomic E-state index is -4.09. The van der Waals surface area contributed by atoms with Crippen LogP contribution >= 0.6 is 11.8 Å². The fraction of sp³-hybridized carbons (Fsp3) is 0.184. The lowest BCUT2D eigenvalue weighted by atomic mass is 9.83. The number of carboxylic acid groups (broad SMARTS) is 1. The number of carboxylic acids is 1. The lowest BCUT2D eigenvalue weighted by molar-refractivity contribution is -0.363. The molecule has 0 spiro atoms. The number of allylic oxidation sites excluding steroid dienone is 2. The van der Waals surface area contributed by atoms with E-state index < -0.39 is 19.0 Å². The lowest BCUT2D eigenvalue weighted by Gasteiger charge is -2.34. The van der Waals surface area contributed by atoms with Crippen molar-refractivity contribution in [1.29, 1.82) is 0 Å². The summed E-state index contributed by atoms with van der Waals surface area (Å²) in [6.07, 6.45) is 2.30. The van der Waals surface area contributed by atoms with E-state index in [0.29, 0.717) is 34.2 Å². The monoisotopic (exact) mass is 659 g/mol. The molecule has 0 fully saturated rings. The van der Waals surface area contributed by atoms with E-state index >= 15 is 8.63 Å². The molecular weight excluding hydrogens is 627 g/mol. The van der Waals surface area contributed by atoms with E-state index in [2.05, 4.69) is 24.3 Å². The van der Waals surface area contributed by atoms with Crippen LogP contribution in [0.5, 0.6) is 0 Å². The molecule has 0 radical (unpaired) electrons. The fourth-order valence-corrected chi connectivity index (χ4v) is 9.33. The Hall–Kier alpha value is -4.96. The molecule has 6 nitrogen and oxygen atoms in total. The molecule has 0 saturated heterocycles. The largest absolute Gasteiger partial charge is 0.737 e. The van der Waals surface area contributed by atoms with Crippen molar-refractivity contribution in [3.05, 3.63) is 140 Å². The van der Waals surface area contributed by atoms with Crippen LogP contribution in [0.2, 0.25) is 0 Å². The molecule has 10 heteroatoms. The second kappa shape index (κ2) is 10.8. The SMILES string of the molecule is CC1=CC(C)=[N+]2C1=C(c1ccc(-c3c(Cc4cccc5ccccc45)cc(=O)n4c3SC[C@H]4C(=O)O)cc1)c1c(C)cc(C)n1[B-]2(F)F. The average molecular weight is 660 g/mol. The van der Waals surface area contributed by atoms with Crippen molar-refractivity contribution in [3.63, 3.8) is 0 Å². The number of nitrogens with zero attached hydrogens (tertiary/aromatic N) is 3. The van der Waals surface area contributed by atoms with Crippen LogP contribution in [-0.2, 0) is 11.2 Å². The molecule has 8 rings (SSSR count). The molecule has 0 saturated carbocycles. The molecular formula is C38H32BF2N3O3S. The van der Waals surface area contributed by atoms with Crippen LogP contribution in [0.4, 0.5) is 8.63 Å². The fourth-order valence-electron chi connectivity index (χ4n) is 7.98. The highest BCUT2D eigenvalue weighted by Crippen LogP contribution is 2.46. The first-order chi connectivity index (χ1) is 23.0. The van der Waals surface area contributed by atoms with Gasteiger partial charge in [-0.3, -0.25) is 9.36 Å². The number of pyridine rings is 1. The molecule has 0 unspecified atom stereocenters. The maximum atomic E-state index is 16.2. The minimum absolute atomic E-state index is 0.256. The van der Waals surface area contributed by atoms with Gasteiger partial charge in [-0.1, -0.05) is 66.7 Å². The molecule has 0 bridgehead atoms. The van der Waals surface area contributed by atoms with Crippen LogP contribution in [0.1, 0.15) is 53.5 Å². The van der Waals surface area contributed by atoms with Gasteiger partial charge in [0.05, 0.1) is 10.6 Å². The van der Waals surface area contributed by atoms with Gasteiger partial charge in [-0.25, -0.2) is 4.79 Å². The van der Waals surface area contributed by atoms with Gasteiger partial charge in [0.2, 0.25) is 0 Å². The maximum absolute atomic E-state index is 16.2. The first-order valence-electron chi connectivity index (χ1n) is 16.0. The molecule has 3 aliphatic rings. The van der Waals surface area contributed by atoms with Crippen LogP contribution in [0.3, 0.4) is 0 Å². The Kier molecular flexibility index (Phi) is 6.83. The molecule has 0 aliphatic carbocycles. The summed E-state index contributed by atoms with van der Waals surface area (Å²) in [4.78, 5) is 25.7. The summed E-state index contributed by atoms with van der Waals surface area (Å²) >= 11 is 1.38. The first-order valence-corrected chi connectivity index (χ1v) is 16.9. The summed E-state index contributed by atoms with van der Waals surface area (Å²) in [5, 5.41) is 12.8. The van der Waals surface area contributed by atoms with Gasteiger partial charge in [0, 0.05) is 41.6 Å². The predicted molar refractivity (Wildman–Crippen MR) is 188 cm³/mol. The molecule has 2 aromatic heterocycles. The smallest absolute Gasteiger partial charge is 0.480 e. The number of halogens is 2. The van der Waals surface area contributed by atoms with E-state index in [1.54, 1.807) is 19.9 Å². The van der Waals surface area contributed by atoms with Gasteiger partial charge in [0.1, 0.15) is 11.8 Å². The Balaban J connectivity index is 1.32. The van der Waals surface area contributed by atoms with Gasteiger partial charge in [-0.2, -0.15) is 0 Å².